The molecular formula is C25H29N7O2. The van der Waals surface area contributed by atoms with E-state index in [0.717, 1.165) is 23.2 Å². The Labute approximate surface area is 199 Å². The summed E-state index contributed by atoms with van der Waals surface area (Å²) < 4.78 is 8.72. The molecule has 0 spiro atoms. The van der Waals surface area contributed by atoms with Gasteiger partial charge in [0.25, 0.3) is 0 Å². The van der Waals surface area contributed by atoms with Gasteiger partial charge in [-0.05, 0) is 37.8 Å². The minimum Gasteiger partial charge on any atom is -0.510 e. The third-order valence-electron chi connectivity index (χ3n) is 5.73. The number of ether oxygens (including phenoxy) is 1. The van der Waals surface area contributed by atoms with E-state index in [2.05, 4.69) is 21.8 Å². The molecule has 34 heavy (non-hydrogen) atoms. The standard InChI is InChI=1S/C25H29N7O2/c1-4-25(34-3,19(2)33)13-8-9-15-28-24-22(17-30-32(24)23(27)12-14-26)20-16-29-31(18-20)21-10-6-5-7-11-21/h5-7,10-12,15-18,33H,2,4,8-9,13,27H2,1,3H3/b23-12+,28-15+/t25-/m1/s1. The van der Waals surface area contributed by atoms with E-state index < -0.39 is 5.60 Å². The molecule has 0 saturated carbocycles. The SMILES string of the molecule is C=C(O)[C@@](CC)(CCC/C=N/c1c(-c2cnn(-c3ccccc3)c2)cnn1/C(N)=C/C#N)OC. The molecule has 9 heteroatoms. The lowest BCUT2D eigenvalue weighted by Crippen LogP contribution is -2.32. The number of aliphatic hydroxyl groups excluding tert-OH is 1. The van der Waals surface area contributed by atoms with Crippen molar-refractivity contribution in [3.8, 4) is 22.9 Å². The van der Waals surface area contributed by atoms with Crippen molar-refractivity contribution >= 4 is 17.9 Å². The lowest BCUT2D eigenvalue weighted by Gasteiger charge is -2.30. The molecule has 2 aromatic heterocycles. The number of unbranched alkanes of at least 4 members (excludes halogenated alkanes) is 1. The van der Waals surface area contributed by atoms with Crippen molar-refractivity contribution in [2.75, 3.05) is 7.11 Å². The predicted octanol–water partition coefficient (Wildman–Crippen LogP) is 4.76. The fourth-order valence-electron chi connectivity index (χ4n) is 3.69. The van der Waals surface area contributed by atoms with Crippen molar-refractivity contribution < 1.29 is 9.84 Å². The summed E-state index contributed by atoms with van der Waals surface area (Å²) in [6, 6.07) is 11.7. The maximum Gasteiger partial charge on any atom is 0.165 e. The predicted molar refractivity (Wildman–Crippen MR) is 133 cm³/mol. The summed E-state index contributed by atoms with van der Waals surface area (Å²) in [4.78, 5) is 4.63. The Kier molecular flexibility index (Phi) is 8.01. The van der Waals surface area contributed by atoms with Crippen molar-refractivity contribution in [3.05, 3.63) is 67.3 Å². The highest BCUT2D eigenvalue weighted by Crippen LogP contribution is 2.32. The van der Waals surface area contributed by atoms with E-state index in [-0.39, 0.29) is 11.6 Å². The van der Waals surface area contributed by atoms with Gasteiger partial charge in [-0.3, -0.25) is 0 Å². The Morgan fingerprint density at radius 2 is 2.09 bits per heavy atom. The first-order valence-electron chi connectivity index (χ1n) is 11.0. The monoisotopic (exact) mass is 459 g/mol. The summed E-state index contributed by atoms with van der Waals surface area (Å²) >= 11 is 0. The second kappa shape index (κ2) is 11.1. The van der Waals surface area contributed by atoms with Crippen LogP contribution in [0.3, 0.4) is 0 Å². The highest BCUT2D eigenvalue weighted by atomic mass is 16.5. The maximum absolute atomic E-state index is 9.95. The molecule has 0 aliphatic carbocycles. The van der Waals surface area contributed by atoms with Crippen LogP contribution in [0.5, 0.6) is 0 Å². The molecule has 0 aliphatic rings. The van der Waals surface area contributed by atoms with Gasteiger partial charge in [-0.2, -0.15) is 20.1 Å². The van der Waals surface area contributed by atoms with Gasteiger partial charge in [0.2, 0.25) is 0 Å². The first kappa shape index (κ1) is 24.5. The number of allylic oxidation sites excluding steroid dienone is 1. The van der Waals surface area contributed by atoms with Gasteiger partial charge in [0, 0.05) is 30.6 Å². The molecule has 9 nitrogen and oxygen atoms in total. The number of rotatable bonds is 11. The molecule has 0 aliphatic heterocycles. The van der Waals surface area contributed by atoms with Crippen molar-refractivity contribution in [2.45, 2.75) is 38.2 Å². The summed E-state index contributed by atoms with van der Waals surface area (Å²) in [6.07, 6.45) is 10.8. The molecule has 0 radical (unpaired) electrons. The quantitative estimate of drug-likeness (QED) is 0.184. The van der Waals surface area contributed by atoms with Crippen LogP contribution in [0.4, 0.5) is 5.82 Å². The van der Waals surface area contributed by atoms with Gasteiger partial charge >= 0.3 is 0 Å². The summed E-state index contributed by atoms with van der Waals surface area (Å²) in [5.41, 5.74) is 7.76. The summed E-state index contributed by atoms with van der Waals surface area (Å²) in [7, 11) is 1.57. The van der Waals surface area contributed by atoms with Gasteiger partial charge < -0.3 is 15.6 Å². The van der Waals surface area contributed by atoms with E-state index in [1.54, 1.807) is 30.4 Å². The number of hydrogen-bond acceptors (Lipinski definition) is 7. The Bertz CT molecular complexity index is 1210. The van der Waals surface area contributed by atoms with Crippen LogP contribution >= 0.6 is 0 Å². The van der Waals surface area contributed by atoms with E-state index in [1.807, 2.05) is 49.5 Å². The second-order valence-electron chi connectivity index (χ2n) is 7.70. The number of methoxy groups -OCH3 is 1. The number of benzene rings is 1. The van der Waals surface area contributed by atoms with Gasteiger partial charge in [-0.25, -0.2) is 9.67 Å². The number of aromatic nitrogens is 4. The second-order valence-corrected chi connectivity index (χ2v) is 7.70. The maximum atomic E-state index is 9.95. The number of aliphatic imine (C=N–C) groups is 1. The fourth-order valence-corrected chi connectivity index (χ4v) is 3.69. The van der Waals surface area contributed by atoms with Crippen molar-refractivity contribution in [1.82, 2.24) is 19.6 Å². The molecule has 0 amide bonds. The number of para-hydroxylation sites is 1. The fraction of sp³-hybridized carbons (Fsp3) is 0.280. The average molecular weight is 460 g/mol. The van der Waals surface area contributed by atoms with Crippen LogP contribution in [0, 0.1) is 11.3 Å². The van der Waals surface area contributed by atoms with E-state index in [1.165, 1.54) is 10.8 Å². The lowest BCUT2D eigenvalue weighted by molar-refractivity contribution is -0.0203. The Hall–Kier alpha value is -4.16. The number of nitriles is 1. The minimum atomic E-state index is -0.757. The molecular weight excluding hydrogens is 430 g/mol. The van der Waals surface area contributed by atoms with E-state index in [9.17, 15) is 5.11 Å². The molecule has 3 aromatic rings. The van der Waals surface area contributed by atoms with Crippen LogP contribution in [0.25, 0.3) is 22.6 Å². The zero-order valence-corrected chi connectivity index (χ0v) is 19.4. The Morgan fingerprint density at radius 1 is 1.32 bits per heavy atom. The highest BCUT2D eigenvalue weighted by molar-refractivity contribution is 5.78. The number of nitrogens with zero attached hydrogens (tertiary/aromatic N) is 6. The zero-order valence-electron chi connectivity index (χ0n) is 19.4. The van der Waals surface area contributed by atoms with Crippen LogP contribution in [0.1, 0.15) is 32.6 Å². The normalized spacial score (nSPS) is 13.6. The van der Waals surface area contributed by atoms with Crippen LogP contribution in [-0.4, -0.2) is 43.6 Å². The topological polar surface area (TPSA) is 127 Å². The number of nitrogens with two attached hydrogens (primary N) is 1. The van der Waals surface area contributed by atoms with Gasteiger partial charge in [0.05, 0.1) is 30.2 Å². The minimum absolute atomic E-state index is 0.0274. The molecule has 3 rings (SSSR count). The molecule has 2 heterocycles. The first-order valence-corrected chi connectivity index (χ1v) is 11.0. The molecule has 0 unspecified atom stereocenters. The van der Waals surface area contributed by atoms with Gasteiger partial charge in [0.1, 0.15) is 17.2 Å². The largest absolute Gasteiger partial charge is 0.510 e. The van der Waals surface area contributed by atoms with Gasteiger partial charge in [0.15, 0.2) is 5.82 Å². The van der Waals surface area contributed by atoms with Crippen molar-refractivity contribution in [3.63, 3.8) is 0 Å². The molecule has 0 bridgehead atoms. The third-order valence-corrected chi connectivity index (χ3v) is 5.73. The van der Waals surface area contributed by atoms with E-state index >= 15 is 0 Å². The van der Waals surface area contributed by atoms with Gasteiger partial charge in [-0.15, -0.1) is 0 Å². The van der Waals surface area contributed by atoms with Crippen molar-refractivity contribution in [1.29, 1.82) is 5.26 Å². The highest BCUT2D eigenvalue weighted by Gasteiger charge is 2.30. The average Bonchev–Trinajstić information content (AvgIpc) is 3.49. The van der Waals surface area contributed by atoms with Gasteiger partial charge in [-0.1, -0.05) is 31.7 Å². The molecule has 176 valence electrons. The van der Waals surface area contributed by atoms with Crippen molar-refractivity contribution in [2.24, 2.45) is 10.7 Å². The van der Waals surface area contributed by atoms with E-state index in [4.69, 9.17) is 15.7 Å². The Balaban J connectivity index is 1.85. The molecule has 1 aromatic carbocycles. The summed E-state index contributed by atoms with van der Waals surface area (Å²) in [5, 5.41) is 27.8. The van der Waals surface area contributed by atoms with Crippen LogP contribution < -0.4 is 5.73 Å². The summed E-state index contributed by atoms with van der Waals surface area (Å²) in [5.74, 6) is 0.689. The van der Waals surface area contributed by atoms with Crippen LogP contribution in [0.2, 0.25) is 0 Å². The molecule has 0 saturated heterocycles. The first-order chi connectivity index (χ1) is 16.5. The third kappa shape index (κ3) is 5.24. The number of hydrogen-bond donors (Lipinski definition) is 2. The van der Waals surface area contributed by atoms with Crippen LogP contribution in [-0.2, 0) is 4.74 Å². The van der Waals surface area contributed by atoms with E-state index in [0.29, 0.717) is 25.1 Å². The molecule has 0 fully saturated rings. The Morgan fingerprint density at radius 3 is 2.74 bits per heavy atom. The summed E-state index contributed by atoms with van der Waals surface area (Å²) in [6.45, 7) is 5.61. The smallest absolute Gasteiger partial charge is 0.165 e. The number of aliphatic hydroxyl groups is 1. The molecule has 1 atom stereocenters. The zero-order chi connectivity index (χ0) is 24.6. The molecule has 3 N–H and O–H groups in total. The lowest BCUT2D eigenvalue weighted by atomic mass is 9.92. The van der Waals surface area contributed by atoms with Crippen LogP contribution in [0.15, 0.2) is 72.3 Å².